The lowest BCUT2D eigenvalue weighted by Gasteiger charge is -2.17. The minimum Gasteiger partial charge on any atom is -0.341 e. The molecule has 0 spiro atoms. The third kappa shape index (κ3) is 5.87. The molecule has 148 valence electrons. The highest BCUT2D eigenvalue weighted by atomic mass is 16.2. The number of carbonyl (C=O) groups is 2. The smallest absolute Gasteiger partial charge is 0.255 e. The van der Waals surface area contributed by atoms with Gasteiger partial charge in [0.15, 0.2) is 0 Å². The van der Waals surface area contributed by atoms with E-state index < -0.39 is 0 Å². The summed E-state index contributed by atoms with van der Waals surface area (Å²) in [7, 11) is 1.78. The fourth-order valence-electron chi connectivity index (χ4n) is 2.79. The van der Waals surface area contributed by atoms with E-state index in [1.54, 1.807) is 42.7 Å². The van der Waals surface area contributed by atoms with Crippen LogP contribution >= 0.6 is 0 Å². The first kappa shape index (κ1) is 20.0. The van der Waals surface area contributed by atoms with Gasteiger partial charge in [-0.3, -0.25) is 14.6 Å². The molecule has 7 nitrogen and oxygen atoms in total. The molecule has 0 atom stereocenters. The highest BCUT2D eigenvalue weighted by molar-refractivity contribution is 5.94. The lowest BCUT2D eigenvalue weighted by Crippen LogP contribution is -2.28. The highest BCUT2D eigenvalue weighted by Crippen LogP contribution is 2.19. The van der Waals surface area contributed by atoms with E-state index in [9.17, 15) is 9.59 Å². The molecule has 0 aliphatic heterocycles. The number of carbonyl (C=O) groups excluding carboxylic acids is 2. The van der Waals surface area contributed by atoms with Crippen LogP contribution in [-0.4, -0.2) is 40.3 Å². The number of hydrogen-bond donors (Lipinski definition) is 2. The number of pyridine rings is 2. The van der Waals surface area contributed by atoms with Crippen LogP contribution in [0.15, 0.2) is 67.1 Å². The third-order valence-corrected chi connectivity index (χ3v) is 4.30. The van der Waals surface area contributed by atoms with E-state index in [-0.39, 0.29) is 11.8 Å². The van der Waals surface area contributed by atoms with Crippen molar-refractivity contribution in [2.24, 2.45) is 0 Å². The van der Waals surface area contributed by atoms with Gasteiger partial charge in [0.2, 0.25) is 5.91 Å². The number of amides is 2. The molecule has 0 saturated carbocycles. The van der Waals surface area contributed by atoms with E-state index in [1.807, 2.05) is 36.4 Å². The van der Waals surface area contributed by atoms with E-state index in [4.69, 9.17) is 0 Å². The first-order valence-electron chi connectivity index (χ1n) is 9.26. The molecule has 0 aliphatic rings. The first-order chi connectivity index (χ1) is 14.0. The summed E-state index contributed by atoms with van der Waals surface area (Å²) < 4.78 is 0. The van der Waals surface area contributed by atoms with Gasteiger partial charge in [0.1, 0.15) is 5.82 Å². The third-order valence-electron chi connectivity index (χ3n) is 4.30. The molecule has 2 N–H and O–H groups in total. The maximum Gasteiger partial charge on any atom is 0.255 e. The van der Waals surface area contributed by atoms with E-state index in [0.717, 1.165) is 17.7 Å². The van der Waals surface area contributed by atoms with Crippen molar-refractivity contribution >= 4 is 29.0 Å². The van der Waals surface area contributed by atoms with Crippen molar-refractivity contribution < 1.29 is 9.59 Å². The van der Waals surface area contributed by atoms with E-state index >= 15 is 0 Å². The first-order valence-corrected chi connectivity index (χ1v) is 9.26. The van der Waals surface area contributed by atoms with Crippen molar-refractivity contribution in [1.29, 1.82) is 0 Å². The second-order valence-electron chi connectivity index (χ2n) is 6.65. The van der Waals surface area contributed by atoms with Crippen molar-refractivity contribution in [1.82, 2.24) is 14.9 Å². The molecule has 2 heterocycles. The summed E-state index contributed by atoms with van der Waals surface area (Å²) in [6.07, 6.45) is 5.82. The van der Waals surface area contributed by atoms with Crippen LogP contribution in [0.1, 0.15) is 22.8 Å². The maximum absolute atomic E-state index is 12.6. The second kappa shape index (κ2) is 9.45. The van der Waals surface area contributed by atoms with Gasteiger partial charge in [-0.1, -0.05) is 6.07 Å². The van der Waals surface area contributed by atoms with Gasteiger partial charge in [0.25, 0.3) is 5.91 Å². The molecular formula is C22H23N5O2. The van der Waals surface area contributed by atoms with E-state index in [2.05, 4.69) is 20.6 Å². The monoisotopic (exact) mass is 389 g/mol. The van der Waals surface area contributed by atoms with Crippen LogP contribution in [0.3, 0.4) is 0 Å². The Bertz CT molecular complexity index is 974. The standard InChI is InChI=1S/C22H23N5O2/c1-16(28)25-19-4-3-5-20(14-19)26-21-7-6-18(15-24-21)22(29)27(2)13-10-17-8-11-23-12-9-17/h3-9,11-12,14-15H,10,13H2,1-2H3,(H,24,26)(H,25,28). The predicted molar refractivity (Wildman–Crippen MR) is 113 cm³/mol. The maximum atomic E-state index is 12.6. The minimum atomic E-state index is -0.129. The average Bonchev–Trinajstić information content (AvgIpc) is 2.72. The quantitative estimate of drug-likeness (QED) is 0.646. The fourth-order valence-corrected chi connectivity index (χ4v) is 2.79. The van der Waals surface area contributed by atoms with Crippen molar-refractivity contribution in [3.05, 3.63) is 78.2 Å². The van der Waals surface area contributed by atoms with Crippen molar-refractivity contribution in [2.45, 2.75) is 13.3 Å². The van der Waals surface area contributed by atoms with Crippen LogP contribution in [0.5, 0.6) is 0 Å². The Hall–Kier alpha value is -3.74. The van der Waals surface area contributed by atoms with Crippen molar-refractivity contribution in [3.63, 3.8) is 0 Å². The van der Waals surface area contributed by atoms with Crippen LogP contribution in [-0.2, 0) is 11.2 Å². The van der Waals surface area contributed by atoms with E-state index in [1.165, 1.54) is 6.92 Å². The number of benzene rings is 1. The number of anilines is 3. The Morgan fingerprint density at radius 2 is 1.79 bits per heavy atom. The Kier molecular flexibility index (Phi) is 6.52. The molecule has 0 saturated heterocycles. The summed E-state index contributed by atoms with van der Waals surface area (Å²) >= 11 is 0. The summed E-state index contributed by atoms with van der Waals surface area (Å²) in [5, 5.41) is 5.90. The number of aromatic nitrogens is 2. The van der Waals surface area contributed by atoms with Crippen LogP contribution in [0, 0.1) is 0 Å². The molecule has 3 aromatic rings. The molecule has 0 radical (unpaired) electrons. The normalized spacial score (nSPS) is 10.3. The molecule has 0 aliphatic carbocycles. The molecule has 29 heavy (non-hydrogen) atoms. The van der Waals surface area contributed by atoms with Crippen LogP contribution in [0.4, 0.5) is 17.2 Å². The van der Waals surface area contributed by atoms with Gasteiger partial charge >= 0.3 is 0 Å². The fraction of sp³-hybridized carbons (Fsp3) is 0.182. The second-order valence-corrected chi connectivity index (χ2v) is 6.65. The van der Waals surface area contributed by atoms with Crippen LogP contribution in [0.25, 0.3) is 0 Å². The lowest BCUT2D eigenvalue weighted by atomic mass is 10.2. The topological polar surface area (TPSA) is 87.2 Å². The number of likely N-dealkylation sites (N-methyl/N-ethyl adjacent to an activating group) is 1. The number of nitrogens with zero attached hydrogens (tertiary/aromatic N) is 3. The summed E-state index contributed by atoms with van der Waals surface area (Å²) in [5.74, 6) is 0.405. The largest absolute Gasteiger partial charge is 0.341 e. The van der Waals surface area contributed by atoms with Gasteiger partial charge in [-0.15, -0.1) is 0 Å². The molecule has 0 fully saturated rings. The molecule has 3 rings (SSSR count). The van der Waals surface area contributed by atoms with Gasteiger partial charge in [-0.25, -0.2) is 4.98 Å². The Balaban J connectivity index is 1.59. The van der Waals surface area contributed by atoms with E-state index in [0.29, 0.717) is 23.6 Å². The zero-order chi connectivity index (χ0) is 20.6. The Labute approximate surface area is 169 Å². The highest BCUT2D eigenvalue weighted by Gasteiger charge is 2.12. The summed E-state index contributed by atoms with van der Waals surface area (Å²) in [6.45, 7) is 2.07. The molecular weight excluding hydrogens is 366 g/mol. The lowest BCUT2D eigenvalue weighted by molar-refractivity contribution is -0.114. The summed E-state index contributed by atoms with van der Waals surface area (Å²) in [6, 6.07) is 14.7. The molecule has 0 bridgehead atoms. The van der Waals surface area contributed by atoms with Crippen molar-refractivity contribution in [3.8, 4) is 0 Å². The molecule has 7 heteroatoms. The van der Waals surface area contributed by atoms with Gasteiger partial charge in [-0.05, 0) is 54.4 Å². The predicted octanol–water partition coefficient (Wildman–Crippen LogP) is 3.49. The molecule has 2 aromatic heterocycles. The zero-order valence-corrected chi connectivity index (χ0v) is 16.4. The number of rotatable bonds is 7. The molecule has 0 unspecified atom stereocenters. The summed E-state index contributed by atoms with van der Waals surface area (Å²) in [5.41, 5.74) is 3.15. The van der Waals surface area contributed by atoms with Crippen molar-refractivity contribution in [2.75, 3.05) is 24.2 Å². The molecule has 1 aromatic carbocycles. The van der Waals surface area contributed by atoms with Crippen LogP contribution in [0.2, 0.25) is 0 Å². The number of nitrogens with one attached hydrogen (secondary N) is 2. The summed E-state index contributed by atoms with van der Waals surface area (Å²) in [4.78, 5) is 33.8. The number of hydrogen-bond acceptors (Lipinski definition) is 5. The van der Waals surface area contributed by atoms with Gasteiger partial charge < -0.3 is 15.5 Å². The zero-order valence-electron chi connectivity index (χ0n) is 16.4. The SMILES string of the molecule is CC(=O)Nc1cccc(Nc2ccc(C(=O)N(C)CCc3ccncc3)cn2)c1. The molecule has 2 amide bonds. The van der Waals surface area contributed by atoms with Gasteiger partial charge in [0, 0.05) is 50.5 Å². The van der Waals surface area contributed by atoms with Crippen LogP contribution < -0.4 is 10.6 Å². The average molecular weight is 389 g/mol. The van der Waals surface area contributed by atoms with Gasteiger partial charge in [-0.2, -0.15) is 0 Å². The minimum absolute atomic E-state index is 0.0780. The Morgan fingerprint density at radius 1 is 1.03 bits per heavy atom. The van der Waals surface area contributed by atoms with Gasteiger partial charge in [0.05, 0.1) is 5.56 Å². The Morgan fingerprint density at radius 3 is 2.48 bits per heavy atom.